The van der Waals surface area contributed by atoms with Crippen LogP contribution in [0.2, 0.25) is 0 Å². The van der Waals surface area contributed by atoms with Crippen molar-refractivity contribution in [3.63, 3.8) is 0 Å². The van der Waals surface area contributed by atoms with E-state index < -0.39 is 0 Å². The number of imidazole rings is 1. The van der Waals surface area contributed by atoms with E-state index in [1.165, 1.54) is 7.11 Å². The van der Waals surface area contributed by atoms with E-state index in [9.17, 15) is 9.59 Å². The number of aryl methyl sites for hydroxylation is 5. The van der Waals surface area contributed by atoms with Crippen LogP contribution < -0.4 is 15.4 Å². The van der Waals surface area contributed by atoms with Crippen LogP contribution in [0.25, 0.3) is 11.1 Å². The van der Waals surface area contributed by atoms with Crippen LogP contribution in [0.5, 0.6) is 11.5 Å². The van der Waals surface area contributed by atoms with E-state index >= 15 is 0 Å². The number of ether oxygens (including phenoxy) is 2. The van der Waals surface area contributed by atoms with Crippen molar-refractivity contribution in [1.82, 2.24) is 14.7 Å². The maximum absolute atomic E-state index is 12.5. The number of anilines is 2. The molecule has 2 amide bonds. The van der Waals surface area contributed by atoms with Crippen molar-refractivity contribution in [2.45, 2.75) is 40.7 Å². The molecule has 2 N–H and O–H groups in total. The molecule has 2 aromatic heterocycles. The van der Waals surface area contributed by atoms with E-state index in [-0.39, 0.29) is 18.4 Å². The van der Waals surface area contributed by atoms with Gasteiger partial charge in [0.1, 0.15) is 23.9 Å². The van der Waals surface area contributed by atoms with Crippen molar-refractivity contribution in [2.24, 2.45) is 0 Å². The van der Waals surface area contributed by atoms with E-state index in [0.717, 1.165) is 27.9 Å². The maximum Gasteiger partial charge on any atom is 0.250 e. The molecule has 2 aromatic carbocycles. The minimum Gasteiger partial charge on any atom is -0.457 e. The van der Waals surface area contributed by atoms with Crippen molar-refractivity contribution in [3.8, 4) is 22.6 Å². The number of hydrogen-bond acceptors (Lipinski definition) is 7. The van der Waals surface area contributed by atoms with Gasteiger partial charge in [-0.3, -0.25) is 9.59 Å². The van der Waals surface area contributed by atoms with Crippen LogP contribution in [0.15, 0.2) is 53.6 Å². The molecular formula is C28H31N5O5. The monoisotopic (exact) mass is 517 g/mol. The normalized spacial score (nSPS) is 10.9. The van der Waals surface area contributed by atoms with E-state index in [2.05, 4.69) is 20.8 Å². The number of nitrogens with one attached hydrogen (secondary N) is 2. The predicted molar refractivity (Wildman–Crippen MR) is 143 cm³/mol. The van der Waals surface area contributed by atoms with Gasteiger partial charge in [-0.25, -0.2) is 4.98 Å². The lowest BCUT2D eigenvalue weighted by Gasteiger charge is -2.16. The minimum atomic E-state index is -0.283. The summed E-state index contributed by atoms with van der Waals surface area (Å²) in [5, 5.41) is 9.85. The van der Waals surface area contributed by atoms with Crippen molar-refractivity contribution in [2.75, 3.05) is 24.4 Å². The average Bonchev–Trinajstić information content (AvgIpc) is 3.49. The van der Waals surface area contributed by atoms with Gasteiger partial charge in [0.25, 0.3) is 0 Å². The Kier molecular flexibility index (Phi) is 8.22. The second-order valence-corrected chi connectivity index (χ2v) is 9.07. The number of hydrogen-bond donors (Lipinski definition) is 2. The number of aromatic nitrogens is 3. The zero-order valence-electron chi connectivity index (χ0n) is 22.1. The molecule has 0 saturated carbocycles. The third kappa shape index (κ3) is 6.46. The van der Waals surface area contributed by atoms with Crippen LogP contribution in [0.3, 0.4) is 0 Å². The number of benzene rings is 2. The Morgan fingerprint density at radius 3 is 2.32 bits per heavy atom. The highest BCUT2D eigenvalue weighted by Gasteiger charge is 2.16. The zero-order chi connectivity index (χ0) is 27.2. The van der Waals surface area contributed by atoms with Gasteiger partial charge in [-0.1, -0.05) is 5.16 Å². The lowest BCUT2D eigenvalue weighted by Crippen LogP contribution is -2.17. The quantitative estimate of drug-likeness (QED) is 0.297. The molecule has 10 heteroatoms. The number of nitrogens with zero attached hydrogens (tertiary/aromatic N) is 3. The molecule has 4 aromatic rings. The summed E-state index contributed by atoms with van der Waals surface area (Å²) < 4.78 is 18.5. The first-order chi connectivity index (χ1) is 18.2. The summed E-state index contributed by atoms with van der Waals surface area (Å²) >= 11 is 0. The summed E-state index contributed by atoms with van der Waals surface area (Å²) in [6.45, 7) is 8.02. The molecule has 4 rings (SSSR count). The fourth-order valence-electron chi connectivity index (χ4n) is 4.27. The number of carbonyl (C=O) groups excluding carboxylic acids is 2. The minimum absolute atomic E-state index is 0.0700. The van der Waals surface area contributed by atoms with Gasteiger partial charge in [-0.05, 0) is 68.7 Å². The molecule has 0 bridgehead atoms. The molecule has 0 saturated heterocycles. The summed E-state index contributed by atoms with van der Waals surface area (Å²) in [6.07, 6.45) is 5.52. The largest absolute Gasteiger partial charge is 0.457 e. The fraction of sp³-hybridized carbons (Fsp3) is 0.286. The van der Waals surface area contributed by atoms with E-state index in [1.807, 2.05) is 62.7 Å². The second-order valence-electron chi connectivity index (χ2n) is 9.07. The van der Waals surface area contributed by atoms with Crippen LogP contribution in [0.4, 0.5) is 11.4 Å². The zero-order valence-corrected chi connectivity index (χ0v) is 22.1. The Labute approximate surface area is 221 Å². The number of rotatable bonds is 10. The Morgan fingerprint density at radius 2 is 1.68 bits per heavy atom. The van der Waals surface area contributed by atoms with Crippen LogP contribution in [0.1, 0.15) is 29.0 Å². The summed E-state index contributed by atoms with van der Waals surface area (Å²) in [7, 11) is 1.46. The van der Waals surface area contributed by atoms with Crippen LogP contribution in [-0.2, 0) is 20.9 Å². The van der Waals surface area contributed by atoms with Gasteiger partial charge in [0.2, 0.25) is 11.8 Å². The molecule has 0 aliphatic heterocycles. The van der Waals surface area contributed by atoms with Crippen LogP contribution >= 0.6 is 0 Å². The topological polar surface area (TPSA) is 121 Å². The molecule has 0 aliphatic rings. The summed E-state index contributed by atoms with van der Waals surface area (Å²) in [6, 6.07) is 9.21. The fourth-order valence-corrected chi connectivity index (χ4v) is 4.27. The van der Waals surface area contributed by atoms with Gasteiger partial charge >= 0.3 is 0 Å². The Hall–Kier alpha value is -4.44. The van der Waals surface area contributed by atoms with Crippen molar-refractivity contribution in [1.29, 1.82) is 0 Å². The smallest absolute Gasteiger partial charge is 0.250 e. The lowest BCUT2D eigenvalue weighted by molar-refractivity contribution is -0.119. The second kappa shape index (κ2) is 11.7. The van der Waals surface area contributed by atoms with Gasteiger partial charge in [0.05, 0.1) is 12.0 Å². The molecule has 0 atom stereocenters. The first kappa shape index (κ1) is 26.6. The molecule has 0 unspecified atom stereocenters. The van der Waals surface area contributed by atoms with Crippen molar-refractivity contribution in [3.05, 3.63) is 71.6 Å². The lowest BCUT2D eigenvalue weighted by atomic mass is 10.0. The van der Waals surface area contributed by atoms with Gasteiger partial charge in [-0.15, -0.1) is 0 Å². The third-order valence-corrected chi connectivity index (χ3v) is 5.91. The highest BCUT2D eigenvalue weighted by Crippen LogP contribution is 2.37. The maximum atomic E-state index is 12.5. The average molecular weight is 518 g/mol. The molecule has 0 fully saturated rings. The van der Waals surface area contributed by atoms with Crippen LogP contribution in [-0.4, -0.2) is 40.2 Å². The van der Waals surface area contributed by atoms with Gasteiger partial charge < -0.3 is 29.2 Å². The first-order valence-electron chi connectivity index (χ1n) is 12.1. The van der Waals surface area contributed by atoms with Gasteiger partial charge in [0, 0.05) is 55.5 Å². The summed E-state index contributed by atoms with van der Waals surface area (Å²) in [4.78, 5) is 28.7. The Morgan fingerprint density at radius 1 is 0.974 bits per heavy atom. The molecule has 0 spiro atoms. The number of methoxy groups -OCH3 is 1. The molecule has 0 radical (unpaired) electrons. The van der Waals surface area contributed by atoms with Gasteiger partial charge in [0.15, 0.2) is 0 Å². The third-order valence-electron chi connectivity index (χ3n) is 5.91. The van der Waals surface area contributed by atoms with Crippen molar-refractivity contribution >= 4 is 23.2 Å². The molecule has 198 valence electrons. The molecule has 38 heavy (non-hydrogen) atoms. The molecular weight excluding hydrogens is 486 g/mol. The van der Waals surface area contributed by atoms with Crippen molar-refractivity contribution < 1.29 is 23.6 Å². The van der Waals surface area contributed by atoms with E-state index in [1.54, 1.807) is 18.6 Å². The first-order valence-corrected chi connectivity index (χ1v) is 12.1. The summed E-state index contributed by atoms with van der Waals surface area (Å²) in [5.41, 5.74) is 5.31. The van der Waals surface area contributed by atoms with E-state index in [0.29, 0.717) is 41.6 Å². The Bertz CT molecular complexity index is 1400. The van der Waals surface area contributed by atoms with Crippen LogP contribution in [0, 0.1) is 27.7 Å². The van der Waals surface area contributed by atoms with Gasteiger partial charge in [-0.2, -0.15) is 0 Å². The Balaban J connectivity index is 1.57. The molecule has 0 aliphatic carbocycles. The number of amides is 2. The molecule has 2 heterocycles. The van der Waals surface area contributed by atoms with E-state index in [4.69, 9.17) is 14.0 Å². The predicted octanol–water partition coefficient (Wildman–Crippen LogP) is 5.18. The highest BCUT2D eigenvalue weighted by atomic mass is 16.5. The SMILES string of the molecule is COCC(=O)Nc1cc(Oc2c(C)cc(NC(=O)CCn3ccnc3)cc2C)cc(-c2c(C)noc2C)c1. The number of carbonyl (C=O) groups is 2. The standard InChI is InChI=1S/C28H31N5O5/c1-17-10-22(30-25(34)6-8-33-9-7-29-16-33)11-18(2)28(17)37-24-13-21(27-19(3)32-38-20(27)4)12-23(14-24)31-26(35)15-36-5/h7,9-14,16H,6,8,15H2,1-5H3,(H,30,34)(H,31,35). The highest BCUT2D eigenvalue weighted by molar-refractivity contribution is 5.93. The summed E-state index contributed by atoms with van der Waals surface area (Å²) in [5.74, 6) is 1.48. The molecule has 10 nitrogen and oxygen atoms in total.